The molecule has 0 aliphatic rings. The molecule has 2 aromatic carbocycles. The van der Waals surface area contributed by atoms with Gasteiger partial charge in [-0.2, -0.15) is 4.99 Å². The number of aliphatic imine (C=N–C) groups is 1. The number of thioether (sulfide) groups is 1. The van der Waals surface area contributed by atoms with E-state index < -0.39 is 0 Å². The maximum absolute atomic E-state index is 10.1. The Morgan fingerprint density at radius 2 is 1.76 bits per heavy atom. The minimum Gasteiger partial charge on any atom is -0.211 e. The summed E-state index contributed by atoms with van der Waals surface area (Å²) in [4.78, 5) is 14.9. The van der Waals surface area contributed by atoms with E-state index in [1.54, 1.807) is 11.8 Å². The molecule has 0 radical (unpaired) electrons. The monoisotopic (exact) mass is 241 g/mol. The molecule has 0 amide bonds. The van der Waals surface area contributed by atoms with Crippen LogP contribution in [0.25, 0.3) is 11.1 Å². The first-order valence-electron chi connectivity index (χ1n) is 5.16. The van der Waals surface area contributed by atoms with Crippen molar-refractivity contribution in [2.24, 2.45) is 4.99 Å². The second-order valence-corrected chi connectivity index (χ2v) is 4.30. The third-order valence-corrected chi connectivity index (χ3v) is 3.26. The van der Waals surface area contributed by atoms with Crippen molar-refractivity contribution in [1.29, 1.82) is 0 Å². The Hall–Kier alpha value is -1.83. The van der Waals surface area contributed by atoms with E-state index in [4.69, 9.17) is 0 Å². The van der Waals surface area contributed by atoms with Crippen molar-refractivity contribution in [2.75, 3.05) is 6.26 Å². The highest BCUT2D eigenvalue weighted by Gasteiger charge is 2.02. The normalized spacial score (nSPS) is 9.71. The third-order valence-electron chi connectivity index (χ3n) is 2.46. The van der Waals surface area contributed by atoms with Crippen molar-refractivity contribution in [2.45, 2.75) is 4.90 Å². The van der Waals surface area contributed by atoms with Gasteiger partial charge in [0.25, 0.3) is 0 Å². The summed E-state index contributed by atoms with van der Waals surface area (Å²) in [5, 5.41) is 0. The lowest BCUT2D eigenvalue weighted by Crippen LogP contribution is -1.80. The molecule has 84 valence electrons. The van der Waals surface area contributed by atoms with Crippen LogP contribution in [0.3, 0.4) is 0 Å². The lowest BCUT2D eigenvalue weighted by atomic mass is 10.1. The van der Waals surface area contributed by atoms with Gasteiger partial charge < -0.3 is 0 Å². The Morgan fingerprint density at radius 1 is 1.06 bits per heavy atom. The highest BCUT2D eigenvalue weighted by Crippen LogP contribution is 2.30. The van der Waals surface area contributed by atoms with Crippen LogP contribution < -0.4 is 0 Å². The molecule has 2 aromatic rings. The molecule has 0 atom stereocenters. The predicted molar refractivity (Wildman–Crippen MR) is 71.4 cm³/mol. The molecule has 0 aromatic heterocycles. The number of hydrogen-bond donors (Lipinski definition) is 0. The van der Waals surface area contributed by atoms with E-state index in [2.05, 4.69) is 23.4 Å². The number of nitrogens with zero attached hydrogens (tertiary/aromatic N) is 1. The molecule has 2 rings (SSSR count). The van der Waals surface area contributed by atoms with Crippen LogP contribution in [0, 0.1) is 0 Å². The van der Waals surface area contributed by atoms with Gasteiger partial charge in [0.15, 0.2) is 0 Å². The molecule has 0 fully saturated rings. The van der Waals surface area contributed by atoms with Gasteiger partial charge in [0.05, 0.1) is 5.69 Å². The first-order chi connectivity index (χ1) is 8.35. The number of benzene rings is 2. The molecule has 0 unspecified atom stereocenters. The summed E-state index contributed by atoms with van der Waals surface area (Å²) < 4.78 is 0. The van der Waals surface area contributed by atoms with E-state index in [0.717, 1.165) is 5.56 Å². The van der Waals surface area contributed by atoms with Crippen molar-refractivity contribution in [3.63, 3.8) is 0 Å². The SMILES string of the molecule is CSc1ccccc1-c1ccc(N=C=O)cc1. The van der Waals surface area contributed by atoms with Gasteiger partial charge in [0, 0.05) is 4.90 Å². The zero-order valence-electron chi connectivity index (χ0n) is 9.38. The standard InChI is InChI=1S/C14H11NOS/c1-17-14-5-3-2-4-13(14)11-6-8-12(9-7-11)15-10-16/h2-9H,1H3. The van der Waals surface area contributed by atoms with Gasteiger partial charge in [-0.15, -0.1) is 11.8 Å². The second-order valence-electron chi connectivity index (χ2n) is 3.45. The minimum absolute atomic E-state index is 0.630. The van der Waals surface area contributed by atoms with E-state index in [1.165, 1.54) is 16.5 Å². The van der Waals surface area contributed by atoms with Gasteiger partial charge in [-0.05, 0) is 35.6 Å². The summed E-state index contributed by atoms with van der Waals surface area (Å²) in [6.07, 6.45) is 3.60. The van der Waals surface area contributed by atoms with Crippen molar-refractivity contribution in [3.8, 4) is 11.1 Å². The van der Waals surface area contributed by atoms with Gasteiger partial charge in [-0.25, -0.2) is 4.79 Å². The van der Waals surface area contributed by atoms with Crippen LogP contribution in [-0.2, 0) is 4.79 Å². The molecule has 0 heterocycles. The smallest absolute Gasteiger partial charge is 0.211 e. The quantitative estimate of drug-likeness (QED) is 0.461. The molecule has 3 heteroatoms. The summed E-state index contributed by atoms with van der Waals surface area (Å²) in [6.45, 7) is 0. The number of isocyanates is 1. The predicted octanol–water partition coefficient (Wildman–Crippen LogP) is 4.04. The molecular weight excluding hydrogens is 230 g/mol. The zero-order chi connectivity index (χ0) is 12.1. The molecule has 0 saturated carbocycles. The minimum atomic E-state index is 0.630. The molecule has 2 nitrogen and oxygen atoms in total. The van der Waals surface area contributed by atoms with Gasteiger partial charge in [0.1, 0.15) is 0 Å². The van der Waals surface area contributed by atoms with Gasteiger partial charge >= 0.3 is 0 Å². The molecule has 17 heavy (non-hydrogen) atoms. The third kappa shape index (κ3) is 2.64. The Kier molecular flexibility index (Phi) is 3.76. The lowest BCUT2D eigenvalue weighted by Gasteiger charge is -2.06. The molecule has 0 bridgehead atoms. The van der Waals surface area contributed by atoms with Gasteiger partial charge in [0.2, 0.25) is 6.08 Å². The maximum atomic E-state index is 10.1. The highest BCUT2D eigenvalue weighted by molar-refractivity contribution is 7.98. The lowest BCUT2D eigenvalue weighted by molar-refractivity contribution is 0.565. The van der Waals surface area contributed by atoms with Gasteiger partial charge in [-0.3, -0.25) is 0 Å². The van der Waals surface area contributed by atoms with E-state index in [0.29, 0.717) is 5.69 Å². The van der Waals surface area contributed by atoms with E-state index in [-0.39, 0.29) is 0 Å². The Balaban J connectivity index is 2.42. The number of rotatable bonds is 3. The van der Waals surface area contributed by atoms with E-state index >= 15 is 0 Å². The fraction of sp³-hybridized carbons (Fsp3) is 0.0714. The fourth-order valence-electron chi connectivity index (χ4n) is 1.65. The van der Waals surface area contributed by atoms with Crippen molar-refractivity contribution in [1.82, 2.24) is 0 Å². The van der Waals surface area contributed by atoms with Crippen LogP contribution >= 0.6 is 11.8 Å². The summed E-state index contributed by atoms with van der Waals surface area (Å²) in [6, 6.07) is 15.8. The van der Waals surface area contributed by atoms with Crippen molar-refractivity contribution >= 4 is 23.5 Å². The largest absolute Gasteiger partial charge is 0.240 e. The molecule has 0 spiro atoms. The van der Waals surface area contributed by atoms with Crippen LogP contribution in [0.1, 0.15) is 0 Å². The van der Waals surface area contributed by atoms with Crippen LogP contribution in [-0.4, -0.2) is 12.3 Å². The topological polar surface area (TPSA) is 29.4 Å². The molecule has 0 N–H and O–H groups in total. The van der Waals surface area contributed by atoms with Gasteiger partial charge in [-0.1, -0.05) is 30.3 Å². The average molecular weight is 241 g/mol. The molecule has 0 saturated heterocycles. The first-order valence-corrected chi connectivity index (χ1v) is 6.39. The Morgan fingerprint density at radius 3 is 2.41 bits per heavy atom. The van der Waals surface area contributed by atoms with E-state index in [9.17, 15) is 4.79 Å². The Bertz CT molecular complexity index is 557. The highest BCUT2D eigenvalue weighted by atomic mass is 32.2. The summed E-state index contributed by atoms with van der Waals surface area (Å²) in [5.74, 6) is 0. The Labute approximate surface area is 104 Å². The van der Waals surface area contributed by atoms with E-state index in [1.807, 2.05) is 36.4 Å². The maximum Gasteiger partial charge on any atom is 0.240 e. The number of carbonyl (C=O) groups excluding carboxylic acids is 1. The second kappa shape index (κ2) is 5.48. The summed E-state index contributed by atoms with van der Waals surface area (Å²) in [7, 11) is 0. The summed E-state index contributed by atoms with van der Waals surface area (Å²) >= 11 is 1.72. The fourth-order valence-corrected chi connectivity index (χ4v) is 2.27. The van der Waals surface area contributed by atoms with Crippen LogP contribution in [0.5, 0.6) is 0 Å². The zero-order valence-corrected chi connectivity index (χ0v) is 10.2. The first kappa shape index (κ1) is 11.6. The summed E-state index contributed by atoms with van der Waals surface area (Å²) in [5.41, 5.74) is 2.95. The van der Waals surface area contributed by atoms with Crippen LogP contribution in [0.15, 0.2) is 58.4 Å². The van der Waals surface area contributed by atoms with Crippen LogP contribution in [0.2, 0.25) is 0 Å². The molecule has 0 aliphatic carbocycles. The molecule has 0 aliphatic heterocycles. The van der Waals surface area contributed by atoms with Crippen LogP contribution in [0.4, 0.5) is 5.69 Å². The average Bonchev–Trinajstić information content (AvgIpc) is 2.40. The number of hydrogen-bond acceptors (Lipinski definition) is 3. The van der Waals surface area contributed by atoms with Crippen molar-refractivity contribution in [3.05, 3.63) is 48.5 Å². The van der Waals surface area contributed by atoms with Crippen molar-refractivity contribution < 1.29 is 4.79 Å². The molecular formula is C14H11NOS.